The Labute approximate surface area is 85.0 Å². The van der Waals surface area contributed by atoms with Gasteiger partial charge in [-0.1, -0.05) is 0 Å². The summed E-state index contributed by atoms with van der Waals surface area (Å²) in [7, 11) is 2.22. The van der Waals surface area contributed by atoms with Gasteiger partial charge in [-0.25, -0.2) is 0 Å². The number of rotatable bonds is 2. The third-order valence-electron chi connectivity index (χ3n) is 3.23. The average Bonchev–Trinajstić information content (AvgIpc) is 2.52. The number of morpholine rings is 1. The van der Waals surface area contributed by atoms with E-state index in [2.05, 4.69) is 7.05 Å². The Bertz CT molecular complexity index is 224. The maximum atomic E-state index is 11.5. The minimum Gasteiger partial charge on any atom is -0.370 e. The van der Waals surface area contributed by atoms with E-state index in [-0.39, 0.29) is 0 Å². The normalized spacial score (nSPS) is 26.9. The van der Waals surface area contributed by atoms with Crippen LogP contribution in [0.5, 0.6) is 0 Å². The third kappa shape index (κ3) is 2.07. The second kappa shape index (κ2) is 3.87. The van der Waals surface area contributed by atoms with E-state index in [1.54, 1.807) is 0 Å². The number of nitrogens with zero attached hydrogens (tertiary/aromatic N) is 2. The highest BCUT2D eigenvalue weighted by Gasteiger charge is 2.31. The van der Waals surface area contributed by atoms with Crippen molar-refractivity contribution in [3.8, 4) is 0 Å². The quantitative estimate of drug-likeness (QED) is 0.588. The van der Waals surface area contributed by atoms with E-state index < -0.39 is 0 Å². The van der Waals surface area contributed by atoms with Crippen LogP contribution in [-0.2, 0) is 9.53 Å². The van der Waals surface area contributed by atoms with Gasteiger partial charge in [0.1, 0.15) is 13.1 Å². The van der Waals surface area contributed by atoms with Crippen molar-refractivity contribution in [3.05, 3.63) is 0 Å². The van der Waals surface area contributed by atoms with Gasteiger partial charge in [0.2, 0.25) is 5.91 Å². The van der Waals surface area contributed by atoms with Crippen LogP contribution < -0.4 is 0 Å². The summed E-state index contributed by atoms with van der Waals surface area (Å²) in [6.45, 7) is 5.56. The summed E-state index contributed by atoms with van der Waals surface area (Å²) >= 11 is 0. The molecule has 0 unspecified atom stereocenters. The van der Waals surface area contributed by atoms with Gasteiger partial charge in [0.05, 0.1) is 20.3 Å². The first kappa shape index (κ1) is 9.93. The summed E-state index contributed by atoms with van der Waals surface area (Å²) in [6, 6.07) is 0. The highest BCUT2D eigenvalue weighted by molar-refractivity contribution is 5.77. The molecule has 80 valence electrons. The van der Waals surface area contributed by atoms with Crippen molar-refractivity contribution < 1.29 is 14.0 Å². The van der Waals surface area contributed by atoms with Crippen molar-refractivity contribution in [2.45, 2.75) is 12.8 Å². The number of carbonyl (C=O) groups excluding carboxylic acids is 1. The zero-order chi connectivity index (χ0) is 10.0. The number of likely N-dealkylation sites (tertiary alicyclic amines) is 1. The van der Waals surface area contributed by atoms with E-state index >= 15 is 0 Å². The van der Waals surface area contributed by atoms with Crippen LogP contribution in [0.1, 0.15) is 12.8 Å². The molecule has 0 spiro atoms. The number of carbonyl (C=O) groups is 1. The smallest absolute Gasteiger partial charge is 0.226 e. The van der Waals surface area contributed by atoms with E-state index in [9.17, 15) is 4.79 Å². The minimum atomic E-state index is 0.329. The topological polar surface area (TPSA) is 29.5 Å². The van der Waals surface area contributed by atoms with Crippen LogP contribution >= 0.6 is 0 Å². The molecule has 2 saturated heterocycles. The van der Waals surface area contributed by atoms with E-state index in [0.717, 1.165) is 56.8 Å². The van der Waals surface area contributed by atoms with Crippen molar-refractivity contribution in [2.24, 2.45) is 0 Å². The summed E-state index contributed by atoms with van der Waals surface area (Å²) < 4.78 is 6.30. The van der Waals surface area contributed by atoms with Gasteiger partial charge in [-0.15, -0.1) is 0 Å². The van der Waals surface area contributed by atoms with Crippen LogP contribution in [0.25, 0.3) is 0 Å². The van der Waals surface area contributed by atoms with E-state index in [1.807, 2.05) is 4.90 Å². The van der Waals surface area contributed by atoms with Gasteiger partial charge in [-0.05, 0) is 6.42 Å². The number of quaternary nitrogens is 1. The fraction of sp³-hybridized carbons (Fsp3) is 0.900. The molecule has 2 aliphatic rings. The molecule has 2 aliphatic heterocycles. The zero-order valence-electron chi connectivity index (χ0n) is 8.87. The predicted octanol–water partition coefficient (Wildman–Crippen LogP) is 0.0431. The van der Waals surface area contributed by atoms with E-state index in [4.69, 9.17) is 4.74 Å². The number of hydrogen-bond donors (Lipinski definition) is 0. The molecule has 0 bridgehead atoms. The maximum Gasteiger partial charge on any atom is 0.226 e. The molecule has 0 aromatic rings. The van der Waals surface area contributed by atoms with Gasteiger partial charge in [0, 0.05) is 13.0 Å². The molecule has 0 saturated carbocycles. The highest BCUT2D eigenvalue weighted by Crippen LogP contribution is 2.15. The molecule has 0 aliphatic carbocycles. The number of amides is 1. The van der Waals surface area contributed by atoms with Crippen molar-refractivity contribution >= 4 is 5.91 Å². The Balaban J connectivity index is 1.91. The highest BCUT2D eigenvalue weighted by atomic mass is 16.5. The fourth-order valence-electron chi connectivity index (χ4n) is 2.19. The molecule has 2 rings (SSSR count). The van der Waals surface area contributed by atoms with Gasteiger partial charge < -0.3 is 9.22 Å². The van der Waals surface area contributed by atoms with Crippen LogP contribution in [-0.4, -0.2) is 61.9 Å². The SMILES string of the molecule is C[N+]1(CN2CCCC2=O)CCOCC1. The molecule has 2 heterocycles. The van der Waals surface area contributed by atoms with Crippen molar-refractivity contribution in [1.82, 2.24) is 4.90 Å². The Kier molecular flexibility index (Phi) is 2.74. The monoisotopic (exact) mass is 199 g/mol. The maximum absolute atomic E-state index is 11.5. The van der Waals surface area contributed by atoms with Crippen molar-refractivity contribution in [2.75, 3.05) is 46.6 Å². The Hall–Kier alpha value is -0.610. The Morgan fingerprint density at radius 2 is 2.14 bits per heavy atom. The summed E-state index contributed by atoms with van der Waals surface area (Å²) in [5, 5.41) is 0. The molecule has 0 N–H and O–H groups in total. The van der Waals surface area contributed by atoms with E-state index in [0.29, 0.717) is 5.91 Å². The minimum absolute atomic E-state index is 0.329. The molecule has 0 atom stereocenters. The Morgan fingerprint density at radius 1 is 1.43 bits per heavy atom. The van der Waals surface area contributed by atoms with Gasteiger partial charge in [0.25, 0.3) is 0 Å². The summed E-state index contributed by atoms with van der Waals surface area (Å²) in [5.41, 5.74) is 0. The molecule has 0 radical (unpaired) electrons. The lowest BCUT2D eigenvalue weighted by atomic mass is 10.3. The molecule has 14 heavy (non-hydrogen) atoms. The first-order valence-corrected chi connectivity index (χ1v) is 5.39. The Morgan fingerprint density at radius 3 is 2.71 bits per heavy atom. The fourth-order valence-corrected chi connectivity index (χ4v) is 2.19. The summed E-state index contributed by atoms with van der Waals surface area (Å²) in [4.78, 5) is 13.5. The van der Waals surface area contributed by atoms with Crippen LogP contribution in [0, 0.1) is 0 Å². The predicted molar refractivity (Wildman–Crippen MR) is 52.6 cm³/mol. The second-order valence-electron chi connectivity index (χ2n) is 4.58. The average molecular weight is 199 g/mol. The van der Waals surface area contributed by atoms with Crippen molar-refractivity contribution in [3.63, 3.8) is 0 Å². The molecular weight excluding hydrogens is 180 g/mol. The molecule has 4 nitrogen and oxygen atoms in total. The summed E-state index contributed by atoms with van der Waals surface area (Å²) in [6.07, 6.45) is 1.78. The zero-order valence-corrected chi connectivity index (χ0v) is 8.87. The standard InChI is InChI=1S/C10H19N2O2/c1-12(5-7-14-8-6-12)9-11-4-2-3-10(11)13/h2-9H2,1H3/q+1. The van der Waals surface area contributed by atoms with Crippen LogP contribution in [0.2, 0.25) is 0 Å². The van der Waals surface area contributed by atoms with Crippen molar-refractivity contribution in [1.29, 1.82) is 0 Å². The van der Waals surface area contributed by atoms with Crippen LogP contribution in [0.4, 0.5) is 0 Å². The second-order valence-corrected chi connectivity index (χ2v) is 4.58. The first-order chi connectivity index (χ1) is 6.70. The molecule has 4 heteroatoms. The van der Waals surface area contributed by atoms with Gasteiger partial charge in [-0.3, -0.25) is 9.69 Å². The number of likely N-dealkylation sites (N-methyl/N-ethyl adjacent to an activating group) is 1. The van der Waals surface area contributed by atoms with Crippen LogP contribution in [0.3, 0.4) is 0 Å². The molecule has 2 fully saturated rings. The number of hydrogen-bond acceptors (Lipinski definition) is 2. The molecule has 0 aromatic heterocycles. The lowest BCUT2D eigenvalue weighted by Gasteiger charge is -2.39. The number of ether oxygens (including phenoxy) is 1. The third-order valence-corrected chi connectivity index (χ3v) is 3.23. The first-order valence-electron chi connectivity index (χ1n) is 5.39. The lowest BCUT2D eigenvalue weighted by molar-refractivity contribution is -0.924. The van der Waals surface area contributed by atoms with E-state index in [1.165, 1.54) is 0 Å². The molecule has 0 aromatic carbocycles. The lowest BCUT2D eigenvalue weighted by Crippen LogP contribution is -2.57. The summed E-state index contributed by atoms with van der Waals surface area (Å²) in [5.74, 6) is 0.329. The van der Waals surface area contributed by atoms with Gasteiger partial charge >= 0.3 is 0 Å². The largest absolute Gasteiger partial charge is 0.370 e. The molecular formula is C10H19N2O2+. The van der Waals surface area contributed by atoms with Gasteiger partial charge in [-0.2, -0.15) is 0 Å². The van der Waals surface area contributed by atoms with Gasteiger partial charge in [0.15, 0.2) is 6.67 Å². The van der Waals surface area contributed by atoms with Crippen LogP contribution in [0.15, 0.2) is 0 Å². The molecule has 1 amide bonds.